The molecule has 1 heterocycles. The molecule has 0 amide bonds. The van der Waals surface area contributed by atoms with Crippen molar-refractivity contribution in [2.24, 2.45) is 0 Å². The molecule has 0 bridgehead atoms. The maximum atomic E-state index is 6.62. The van der Waals surface area contributed by atoms with Crippen molar-refractivity contribution in [3.8, 4) is 44.5 Å². The van der Waals surface area contributed by atoms with Gasteiger partial charge in [-0.05, 0) is 89.0 Å². The monoisotopic (exact) mass is 662 g/mol. The zero-order chi connectivity index (χ0) is 34.6. The molecule has 1 aliphatic carbocycles. The molecule has 11 rings (SSSR count). The lowest BCUT2D eigenvalue weighted by atomic mass is 9.80. The van der Waals surface area contributed by atoms with Crippen LogP contribution in [0.3, 0.4) is 0 Å². The highest BCUT2D eigenvalue weighted by atomic mass is 16.3. The summed E-state index contributed by atoms with van der Waals surface area (Å²) in [5.41, 5.74) is 14.6. The molecule has 0 N–H and O–H groups in total. The van der Waals surface area contributed by atoms with Gasteiger partial charge in [-0.2, -0.15) is 0 Å². The first-order chi connectivity index (χ1) is 25.6. The van der Waals surface area contributed by atoms with Crippen molar-refractivity contribution in [2.75, 3.05) is 0 Å². The van der Waals surface area contributed by atoms with Gasteiger partial charge in [0.15, 0.2) is 0 Å². The average Bonchev–Trinajstić information content (AvgIpc) is 3.69. The van der Waals surface area contributed by atoms with Gasteiger partial charge in [0.2, 0.25) is 0 Å². The Morgan fingerprint density at radius 3 is 1.73 bits per heavy atom. The van der Waals surface area contributed by atoms with Crippen molar-refractivity contribution >= 4 is 54.3 Å². The molecule has 1 heteroatoms. The van der Waals surface area contributed by atoms with E-state index in [-0.39, 0.29) is 5.41 Å². The molecule has 0 saturated carbocycles. The summed E-state index contributed by atoms with van der Waals surface area (Å²) < 4.78 is 6.62. The van der Waals surface area contributed by atoms with E-state index in [0.717, 1.165) is 27.5 Å². The molecule has 0 fully saturated rings. The average molecular weight is 663 g/mol. The van der Waals surface area contributed by atoms with E-state index in [0.29, 0.717) is 0 Å². The van der Waals surface area contributed by atoms with E-state index in [1.54, 1.807) is 0 Å². The zero-order valence-electron chi connectivity index (χ0n) is 29.1. The predicted molar refractivity (Wildman–Crippen MR) is 220 cm³/mol. The fourth-order valence-electron chi connectivity index (χ4n) is 9.41. The molecule has 1 aromatic heterocycles. The van der Waals surface area contributed by atoms with Gasteiger partial charge < -0.3 is 4.42 Å². The molecule has 0 unspecified atom stereocenters. The molecule has 1 nitrogen and oxygen atoms in total. The summed E-state index contributed by atoms with van der Waals surface area (Å²) in [6.45, 7) is 4.77. The first kappa shape index (κ1) is 29.3. The van der Waals surface area contributed by atoms with Gasteiger partial charge >= 0.3 is 0 Å². The van der Waals surface area contributed by atoms with E-state index >= 15 is 0 Å². The van der Waals surface area contributed by atoms with Gasteiger partial charge in [0, 0.05) is 27.3 Å². The summed E-state index contributed by atoms with van der Waals surface area (Å²) in [4.78, 5) is 0. The standard InChI is InChI=1S/C51H34O/c1-51(2)44-26-13-23-34(48(44)42-29-28-31-14-3-4-17-35(31)49(42)51)32-15-11-16-33(30-32)46-37-19-5-7-21-39(37)47(40-22-8-6-20-38(40)46)43-25-12-24-41-36-18-9-10-27-45(36)52-50(41)43/h3-30H,1-2H3. The molecular formula is C51H34O. The van der Waals surface area contributed by atoms with Crippen LogP contribution in [0.1, 0.15) is 25.0 Å². The Hall–Kier alpha value is -6.44. The number of para-hydroxylation sites is 2. The second kappa shape index (κ2) is 10.8. The summed E-state index contributed by atoms with van der Waals surface area (Å²) in [6, 6.07) is 62.3. The van der Waals surface area contributed by atoms with Gasteiger partial charge in [-0.3, -0.25) is 0 Å². The molecular weight excluding hydrogens is 629 g/mol. The van der Waals surface area contributed by atoms with E-state index in [1.165, 1.54) is 82.4 Å². The van der Waals surface area contributed by atoms with Crippen molar-refractivity contribution in [2.45, 2.75) is 19.3 Å². The SMILES string of the molecule is CC1(C)c2cccc(-c3cccc(-c4c5ccccc5c(-c5cccc6c5oc5ccccc56)c5ccccc45)c3)c2-c2ccc3ccccc3c21. The van der Waals surface area contributed by atoms with Crippen LogP contribution in [0.2, 0.25) is 0 Å². The highest BCUT2D eigenvalue weighted by Crippen LogP contribution is 2.55. The van der Waals surface area contributed by atoms with Crippen molar-refractivity contribution < 1.29 is 4.42 Å². The summed E-state index contributed by atoms with van der Waals surface area (Å²) >= 11 is 0. The first-order valence-electron chi connectivity index (χ1n) is 18.2. The summed E-state index contributed by atoms with van der Waals surface area (Å²) in [5, 5.41) is 9.84. The number of hydrogen-bond donors (Lipinski definition) is 0. The van der Waals surface area contributed by atoms with Crippen LogP contribution in [0.4, 0.5) is 0 Å². The molecule has 1 aliphatic rings. The van der Waals surface area contributed by atoms with Crippen molar-refractivity contribution in [1.82, 2.24) is 0 Å². The molecule has 0 aliphatic heterocycles. The fraction of sp³-hybridized carbons (Fsp3) is 0.0588. The minimum absolute atomic E-state index is 0.107. The van der Waals surface area contributed by atoms with E-state index < -0.39 is 0 Å². The highest BCUT2D eigenvalue weighted by molar-refractivity contribution is 6.24. The molecule has 244 valence electrons. The lowest BCUT2D eigenvalue weighted by Crippen LogP contribution is -2.15. The van der Waals surface area contributed by atoms with E-state index in [2.05, 4.69) is 178 Å². The lowest BCUT2D eigenvalue weighted by molar-refractivity contribution is 0.666. The van der Waals surface area contributed by atoms with E-state index in [1.807, 2.05) is 6.07 Å². The van der Waals surface area contributed by atoms with Crippen LogP contribution in [0, 0.1) is 0 Å². The molecule has 9 aromatic carbocycles. The quantitative estimate of drug-likeness (QED) is 0.172. The summed E-state index contributed by atoms with van der Waals surface area (Å²) in [6.07, 6.45) is 0. The second-order valence-corrected chi connectivity index (χ2v) is 14.8. The first-order valence-corrected chi connectivity index (χ1v) is 18.2. The largest absolute Gasteiger partial charge is 0.455 e. The Labute approximate surface area is 302 Å². The Morgan fingerprint density at radius 2 is 0.962 bits per heavy atom. The Bertz CT molecular complexity index is 3040. The minimum Gasteiger partial charge on any atom is -0.455 e. The van der Waals surface area contributed by atoms with Gasteiger partial charge in [0.1, 0.15) is 11.2 Å². The van der Waals surface area contributed by atoms with Gasteiger partial charge in [0.25, 0.3) is 0 Å². The maximum absolute atomic E-state index is 6.62. The second-order valence-electron chi connectivity index (χ2n) is 14.8. The molecule has 0 atom stereocenters. The normalized spacial score (nSPS) is 13.3. The predicted octanol–water partition coefficient (Wildman–Crippen LogP) is 14.4. The third kappa shape index (κ3) is 3.99. The Balaban J connectivity index is 1.16. The zero-order valence-corrected chi connectivity index (χ0v) is 29.1. The molecule has 52 heavy (non-hydrogen) atoms. The third-order valence-corrected chi connectivity index (χ3v) is 11.6. The van der Waals surface area contributed by atoms with Crippen molar-refractivity contribution in [3.63, 3.8) is 0 Å². The van der Waals surface area contributed by atoms with E-state index in [4.69, 9.17) is 4.42 Å². The topological polar surface area (TPSA) is 13.1 Å². The molecule has 10 aromatic rings. The van der Waals surface area contributed by atoms with Crippen LogP contribution < -0.4 is 0 Å². The number of benzene rings is 9. The Kier molecular flexibility index (Phi) is 6.08. The molecule has 0 radical (unpaired) electrons. The summed E-state index contributed by atoms with van der Waals surface area (Å²) in [5.74, 6) is 0. The fourth-order valence-corrected chi connectivity index (χ4v) is 9.41. The summed E-state index contributed by atoms with van der Waals surface area (Å²) in [7, 11) is 0. The van der Waals surface area contributed by atoms with Crippen LogP contribution in [-0.2, 0) is 5.41 Å². The molecule has 0 saturated heterocycles. The van der Waals surface area contributed by atoms with Crippen LogP contribution in [-0.4, -0.2) is 0 Å². The van der Waals surface area contributed by atoms with Crippen LogP contribution in [0.5, 0.6) is 0 Å². The van der Waals surface area contributed by atoms with Gasteiger partial charge in [0.05, 0.1) is 0 Å². The van der Waals surface area contributed by atoms with Crippen molar-refractivity contribution in [3.05, 3.63) is 181 Å². The molecule has 0 spiro atoms. The third-order valence-electron chi connectivity index (χ3n) is 11.6. The number of fused-ring (bicyclic) bond motifs is 10. The Morgan fingerprint density at radius 1 is 0.385 bits per heavy atom. The number of hydrogen-bond acceptors (Lipinski definition) is 1. The van der Waals surface area contributed by atoms with Crippen molar-refractivity contribution in [1.29, 1.82) is 0 Å². The maximum Gasteiger partial charge on any atom is 0.143 e. The van der Waals surface area contributed by atoms with Gasteiger partial charge in [-0.25, -0.2) is 0 Å². The smallest absolute Gasteiger partial charge is 0.143 e. The van der Waals surface area contributed by atoms with Crippen LogP contribution in [0.25, 0.3) is 98.8 Å². The lowest BCUT2D eigenvalue weighted by Gasteiger charge is -2.23. The van der Waals surface area contributed by atoms with Gasteiger partial charge in [-0.1, -0.05) is 172 Å². The van der Waals surface area contributed by atoms with Crippen LogP contribution >= 0.6 is 0 Å². The van der Waals surface area contributed by atoms with E-state index in [9.17, 15) is 0 Å². The van der Waals surface area contributed by atoms with Crippen LogP contribution in [0.15, 0.2) is 174 Å². The van der Waals surface area contributed by atoms with Gasteiger partial charge in [-0.15, -0.1) is 0 Å². The number of furan rings is 1. The number of rotatable bonds is 3. The minimum atomic E-state index is -0.107. The highest BCUT2D eigenvalue weighted by Gasteiger charge is 2.38.